The number of amides is 1. The van der Waals surface area contributed by atoms with Crippen LogP contribution in [-0.4, -0.2) is 35.4 Å². The highest BCUT2D eigenvalue weighted by molar-refractivity contribution is 6.34. The molecule has 10 heteroatoms. The van der Waals surface area contributed by atoms with Gasteiger partial charge in [0.15, 0.2) is 6.61 Å². The third kappa shape index (κ3) is 5.30. The van der Waals surface area contributed by atoms with E-state index in [0.717, 1.165) is 17.8 Å². The summed E-state index contributed by atoms with van der Waals surface area (Å²) in [5.74, 6) is -3.00. The summed E-state index contributed by atoms with van der Waals surface area (Å²) >= 11 is 5.96. The molecule has 0 aliphatic carbocycles. The molecule has 3 rings (SSSR count). The van der Waals surface area contributed by atoms with Crippen LogP contribution in [-0.2, 0) is 7.05 Å². The number of aromatic nitrogens is 2. The molecule has 0 saturated carbocycles. The quantitative estimate of drug-likeness (QED) is 0.388. The van der Waals surface area contributed by atoms with Crippen molar-refractivity contribution < 1.29 is 31.2 Å². The number of ether oxygens (including phenoxy) is 1. The van der Waals surface area contributed by atoms with Gasteiger partial charge >= 0.3 is 6.18 Å². The Hall–Kier alpha value is -3.07. The number of aryl methyl sites for hydroxylation is 1. The first-order valence-corrected chi connectivity index (χ1v) is 10.1. The molecule has 0 fully saturated rings. The molecule has 0 atom stereocenters. The zero-order valence-electron chi connectivity index (χ0n) is 20.9. The smallest absolute Gasteiger partial charge is 0.422 e. The summed E-state index contributed by atoms with van der Waals surface area (Å²) in [6, 6.07) is 7.08. The van der Waals surface area contributed by atoms with Crippen molar-refractivity contribution in [2.75, 3.05) is 18.5 Å². The van der Waals surface area contributed by atoms with E-state index >= 15 is 0 Å². The molecule has 33 heavy (non-hydrogen) atoms. The average molecular weight is 487 g/mol. The van der Waals surface area contributed by atoms with Gasteiger partial charge in [-0.2, -0.15) is 18.3 Å². The highest BCUT2D eigenvalue weighted by atomic mass is 35.5. The van der Waals surface area contributed by atoms with Gasteiger partial charge in [-0.3, -0.25) is 9.48 Å². The molecule has 176 valence electrons. The summed E-state index contributed by atoms with van der Waals surface area (Å²) in [4.78, 5) is 13.4. The number of rotatable bonds is 6. The number of anilines is 1. The predicted octanol–water partition coefficient (Wildman–Crippen LogP) is 6.22. The molecule has 0 aliphatic rings. The van der Waals surface area contributed by atoms with Gasteiger partial charge < -0.3 is 9.64 Å². The van der Waals surface area contributed by atoms with E-state index in [-0.39, 0.29) is 15.8 Å². The summed E-state index contributed by atoms with van der Waals surface area (Å²) in [6.07, 6.45) is -3.24. The monoisotopic (exact) mass is 486 g/mol. The standard InChI is InChI=1S/C23H22ClF4N3O2/c1-13(2)21-15(11-29-31(21)4)14-8-9-18(19(10-14)33-12-23(26,27)28)30(3)22(32)20-16(24)6-5-7-17(20)25/h5-11,13H,12H2,1-4H3/i3D3. The van der Waals surface area contributed by atoms with E-state index in [1.807, 2.05) is 13.8 Å². The molecule has 1 aromatic heterocycles. The molecule has 0 saturated heterocycles. The van der Waals surface area contributed by atoms with Crippen LogP contribution in [0.3, 0.4) is 0 Å². The fourth-order valence-corrected chi connectivity index (χ4v) is 3.66. The van der Waals surface area contributed by atoms with E-state index in [4.69, 9.17) is 20.5 Å². The molecule has 0 N–H and O–H groups in total. The Morgan fingerprint density at radius 2 is 2.03 bits per heavy atom. The van der Waals surface area contributed by atoms with Crippen LogP contribution in [0.15, 0.2) is 42.6 Å². The van der Waals surface area contributed by atoms with E-state index in [0.29, 0.717) is 11.1 Å². The molecule has 3 aromatic rings. The van der Waals surface area contributed by atoms with Crippen LogP contribution in [0.5, 0.6) is 5.75 Å². The fourth-order valence-electron chi connectivity index (χ4n) is 3.42. The lowest BCUT2D eigenvalue weighted by atomic mass is 9.99. The van der Waals surface area contributed by atoms with Crippen LogP contribution in [0.2, 0.25) is 5.02 Å². The second-order valence-corrected chi connectivity index (χ2v) is 7.95. The van der Waals surface area contributed by atoms with E-state index < -0.39 is 48.5 Å². The molecule has 1 heterocycles. The number of hydrogen-bond donors (Lipinski definition) is 0. The third-order valence-corrected chi connectivity index (χ3v) is 5.13. The van der Waals surface area contributed by atoms with Crippen molar-refractivity contribution in [1.29, 1.82) is 0 Å². The Labute approximate surface area is 197 Å². The van der Waals surface area contributed by atoms with Gasteiger partial charge in [0.25, 0.3) is 5.91 Å². The molecule has 1 amide bonds. The maximum atomic E-state index is 14.5. The highest BCUT2D eigenvalue weighted by Crippen LogP contribution is 2.37. The lowest BCUT2D eigenvalue weighted by Crippen LogP contribution is -2.28. The molecular weight excluding hydrogens is 462 g/mol. The number of benzene rings is 2. The number of nitrogens with zero attached hydrogens (tertiary/aromatic N) is 3. The summed E-state index contributed by atoms with van der Waals surface area (Å²) < 4.78 is 83.8. The number of alkyl halides is 3. The summed E-state index contributed by atoms with van der Waals surface area (Å²) in [7, 11) is 1.71. The van der Waals surface area contributed by atoms with Crippen molar-refractivity contribution in [3.05, 3.63) is 64.7 Å². The normalized spacial score (nSPS) is 13.4. The summed E-state index contributed by atoms with van der Waals surface area (Å²) in [6.45, 7) is -1.17. The largest absolute Gasteiger partial charge is 0.482 e. The maximum absolute atomic E-state index is 14.5. The number of carbonyl (C=O) groups is 1. The number of hydrogen-bond acceptors (Lipinski definition) is 3. The Morgan fingerprint density at radius 3 is 2.64 bits per heavy atom. The minimum absolute atomic E-state index is 0.00429. The van der Waals surface area contributed by atoms with Crippen LogP contribution in [0.4, 0.5) is 23.2 Å². The minimum Gasteiger partial charge on any atom is -0.482 e. The van der Waals surface area contributed by atoms with Crippen LogP contribution in [0, 0.1) is 5.82 Å². The Kier molecular flexibility index (Phi) is 5.86. The first kappa shape index (κ1) is 20.5. The van der Waals surface area contributed by atoms with E-state index in [1.165, 1.54) is 30.5 Å². The highest BCUT2D eigenvalue weighted by Gasteiger charge is 2.30. The van der Waals surface area contributed by atoms with Crippen LogP contribution >= 0.6 is 11.6 Å². The topological polar surface area (TPSA) is 47.4 Å². The molecule has 2 aromatic carbocycles. The van der Waals surface area contributed by atoms with Gasteiger partial charge in [0, 0.05) is 29.4 Å². The Morgan fingerprint density at radius 1 is 1.30 bits per heavy atom. The average Bonchev–Trinajstić information content (AvgIpc) is 3.13. The molecule has 0 unspecified atom stereocenters. The van der Waals surface area contributed by atoms with E-state index in [2.05, 4.69) is 5.10 Å². The van der Waals surface area contributed by atoms with E-state index in [9.17, 15) is 22.4 Å². The SMILES string of the molecule is [2H]C([2H])([2H])N(C(=O)c1c(F)cccc1Cl)c1ccc(-c2cnn(C)c2C(C)C)cc1OCC(F)(F)F. The third-order valence-electron chi connectivity index (χ3n) is 4.81. The maximum Gasteiger partial charge on any atom is 0.422 e. The van der Waals surface area contributed by atoms with Gasteiger partial charge in [-0.05, 0) is 35.7 Å². The molecule has 0 spiro atoms. The Balaban J connectivity index is 2.22. The van der Waals surface area contributed by atoms with Crippen molar-refractivity contribution in [2.24, 2.45) is 7.05 Å². The first-order chi connectivity index (χ1) is 16.6. The van der Waals surface area contributed by atoms with Crippen LogP contribution in [0.25, 0.3) is 11.1 Å². The molecule has 0 radical (unpaired) electrons. The zero-order valence-corrected chi connectivity index (χ0v) is 18.6. The van der Waals surface area contributed by atoms with Crippen molar-refractivity contribution in [3.8, 4) is 16.9 Å². The molecule has 0 aliphatic heterocycles. The predicted molar refractivity (Wildman–Crippen MR) is 118 cm³/mol. The number of halogens is 5. The summed E-state index contributed by atoms with van der Waals surface area (Å²) in [5.41, 5.74) is 0.485. The zero-order chi connectivity index (χ0) is 27.0. The van der Waals surface area contributed by atoms with Gasteiger partial charge in [-0.15, -0.1) is 0 Å². The van der Waals surface area contributed by atoms with Crippen LogP contribution in [0.1, 0.15) is 39.9 Å². The molecule has 0 bridgehead atoms. The fraction of sp³-hybridized carbons (Fsp3) is 0.304. The second kappa shape index (κ2) is 9.43. The Bertz CT molecular complexity index is 1260. The second-order valence-electron chi connectivity index (χ2n) is 7.55. The van der Waals surface area contributed by atoms with Crippen LogP contribution < -0.4 is 9.64 Å². The van der Waals surface area contributed by atoms with Crippen molar-refractivity contribution in [2.45, 2.75) is 25.9 Å². The number of carbonyl (C=O) groups excluding carboxylic acids is 1. The van der Waals surface area contributed by atoms with Crippen molar-refractivity contribution in [1.82, 2.24) is 9.78 Å². The van der Waals surface area contributed by atoms with Gasteiger partial charge in [-0.25, -0.2) is 4.39 Å². The van der Waals surface area contributed by atoms with Crippen molar-refractivity contribution in [3.63, 3.8) is 0 Å². The lowest BCUT2D eigenvalue weighted by molar-refractivity contribution is -0.153. The van der Waals surface area contributed by atoms with Gasteiger partial charge in [0.05, 0.1) is 22.5 Å². The summed E-state index contributed by atoms with van der Waals surface area (Å²) in [5, 5.41) is 3.84. The molecule has 5 nitrogen and oxygen atoms in total. The van der Waals surface area contributed by atoms with Gasteiger partial charge in [-0.1, -0.05) is 37.6 Å². The van der Waals surface area contributed by atoms with Gasteiger partial charge in [0.2, 0.25) is 0 Å². The first-order valence-electron chi connectivity index (χ1n) is 11.3. The minimum atomic E-state index is -4.76. The van der Waals surface area contributed by atoms with Crippen molar-refractivity contribution >= 4 is 23.2 Å². The van der Waals surface area contributed by atoms with Gasteiger partial charge in [0.1, 0.15) is 11.6 Å². The lowest BCUT2D eigenvalue weighted by Gasteiger charge is -2.23. The molecular formula is C23H22ClF4N3O2. The van der Waals surface area contributed by atoms with E-state index in [1.54, 1.807) is 11.7 Å².